The first-order valence-corrected chi connectivity index (χ1v) is 5.13. The van der Waals surface area contributed by atoms with Crippen molar-refractivity contribution in [2.45, 2.75) is 6.42 Å². The topological polar surface area (TPSA) is 78.5 Å². The summed E-state index contributed by atoms with van der Waals surface area (Å²) in [5, 5.41) is 15.4. The Balaban J connectivity index is 2.46. The van der Waals surface area contributed by atoms with Gasteiger partial charge in [-0.3, -0.25) is 9.89 Å². The summed E-state index contributed by atoms with van der Waals surface area (Å²) < 4.78 is 4.91. The number of carbonyl (C=O) groups is 1. The van der Waals surface area contributed by atoms with Crippen molar-refractivity contribution < 1.29 is 14.6 Å². The van der Waals surface area contributed by atoms with Gasteiger partial charge in [0, 0.05) is 32.1 Å². The largest absolute Gasteiger partial charge is 0.395 e. The van der Waals surface area contributed by atoms with E-state index in [0.717, 1.165) is 5.69 Å². The van der Waals surface area contributed by atoms with Gasteiger partial charge in [-0.25, -0.2) is 0 Å². The molecule has 0 fully saturated rings. The maximum Gasteiger partial charge on any atom is 0.228 e. The summed E-state index contributed by atoms with van der Waals surface area (Å²) in [5.74, 6) is -0.0460. The molecule has 0 spiro atoms. The van der Waals surface area contributed by atoms with Gasteiger partial charge in [-0.1, -0.05) is 0 Å². The van der Waals surface area contributed by atoms with E-state index in [0.29, 0.717) is 19.7 Å². The van der Waals surface area contributed by atoms with Crippen LogP contribution >= 0.6 is 0 Å². The SMILES string of the molecule is COCCN(CCO)C(=O)Cc1ccn[nH]1. The fraction of sp³-hybridized carbons (Fsp3) is 0.600. The number of hydrogen-bond acceptors (Lipinski definition) is 4. The molecule has 0 saturated carbocycles. The van der Waals surface area contributed by atoms with E-state index >= 15 is 0 Å². The molecule has 1 aromatic heterocycles. The molecule has 1 aromatic rings. The third-order valence-corrected chi connectivity index (χ3v) is 2.19. The van der Waals surface area contributed by atoms with Crippen LogP contribution in [0.25, 0.3) is 0 Å². The maximum absolute atomic E-state index is 11.8. The van der Waals surface area contributed by atoms with E-state index in [1.54, 1.807) is 24.3 Å². The number of aromatic amines is 1. The number of aliphatic hydroxyl groups excluding tert-OH is 1. The average molecular weight is 227 g/mol. The van der Waals surface area contributed by atoms with Gasteiger partial charge < -0.3 is 14.7 Å². The van der Waals surface area contributed by atoms with Crippen LogP contribution in [0.1, 0.15) is 5.69 Å². The number of nitrogens with zero attached hydrogens (tertiary/aromatic N) is 2. The minimum atomic E-state index is -0.0460. The normalized spacial score (nSPS) is 10.4. The molecule has 16 heavy (non-hydrogen) atoms. The zero-order valence-electron chi connectivity index (χ0n) is 9.35. The lowest BCUT2D eigenvalue weighted by Crippen LogP contribution is -2.37. The second-order valence-electron chi connectivity index (χ2n) is 3.36. The lowest BCUT2D eigenvalue weighted by Gasteiger charge is -2.20. The van der Waals surface area contributed by atoms with Crippen LogP contribution in [0.15, 0.2) is 12.3 Å². The van der Waals surface area contributed by atoms with Gasteiger partial charge in [0.15, 0.2) is 0 Å². The van der Waals surface area contributed by atoms with Crippen molar-refractivity contribution in [1.29, 1.82) is 0 Å². The number of carbonyl (C=O) groups excluding carboxylic acids is 1. The van der Waals surface area contributed by atoms with Crippen LogP contribution in [0.4, 0.5) is 0 Å². The highest BCUT2D eigenvalue weighted by atomic mass is 16.5. The average Bonchev–Trinajstić information content (AvgIpc) is 2.76. The summed E-state index contributed by atoms with van der Waals surface area (Å²) >= 11 is 0. The molecule has 0 aliphatic heterocycles. The van der Waals surface area contributed by atoms with E-state index < -0.39 is 0 Å². The summed E-state index contributed by atoms with van der Waals surface area (Å²) in [6, 6.07) is 1.76. The van der Waals surface area contributed by atoms with Gasteiger partial charge in [0.25, 0.3) is 0 Å². The Hall–Kier alpha value is -1.40. The highest BCUT2D eigenvalue weighted by molar-refractivity contribution is 5.78. The molecular weight excluding hydrogens is 210 g/mol. The molecule has 90 valence electrons. The molecular formula is C10H17N3O3. The van der Waals surface area contributed by atoms with Gasteiger partial charge >= 0.3 is 0 Å². The van der Waals surface area contributed by atoms with Gasteiger partial charge in [-0.2, -0.15) is 5.10 Å². The Labute approximate surface area is 94.2 Å². The molecule has 0 saturated heterocycles. The van der Waals surface area contributed by atoms with E-state index in [-0.39, 0.29) is 18.9 Å². The van der Waals surface area contributed by atoms with Crippen LogP contribution in [0, 0.1) is 0 Å². The van der Waals surface area contributed by atoms with Crippen LogP contribution in [0.2, 0.25) is 0 Å². The molecule has 1 amide bonds. The van der Waals surface area contributed by atoms with Crippen molar-refractivity contribution in [3.8, 4) is 0 Å². The van der Waals surface area contributed by atoms with Crippen molar-refractivity contribution in [3.05, 3.63) is 18.0 Å². The standard InChI is InChI=1S/C10H17N3O3/c1-16-7-5-13(4-6-14)10(15)8-9-2-3-11-12-9/h2-3,14H,4-8H2,1H3,(H,11,12). The molecule has 0 atom stereocenters. The molecule has 2 N–H and O–H groups in total. The lowest BCUT2D eigenvalue weighted by molar-refractivity contribution is -0.131. The van der Waals surface area contributed by atoms with E-state index in [1.165, 1.54) is 0 Å². The number of aromatic nitrogens is 2. The summed E-state index contributed by atoms with van der Waals surface area (Å²) in [5.41, 5.74) is 0.769. The molecule has 0 unspecified atom stereocenters. The number of ether oxygens (including phenoxy) is 1. The zero-order valence-corrected chi connectivity index (χ0v) is 9.35. The van der Waals surface area contributed by atoms with Crippen LogP contribution < -0.4 is 0 Å². The molecule has 1 rings (SSSR count). The molecule has 6 heteroatoms. The van der Waals surface area contributed by atoms with Crippen LogP contribution in [-0.2, 0) is 16.0 Å². The number of H-pyrrole nitrogens is 1. The molecule has 1 heterocycles. The fourth-order valence-corrected chi connectivity index (χ4v) is 1.34. The van der Waals surface area contributed by atoms with E-state index in [1.807, 2.05) is 0 Å². The Morgan fingerprint density at radius 2 is 2.44 bits per heavy atom. The third-order valence-electron chi connectivity index (χ3n) is 2.19. The summed E-state index contributed by atoms with van der Waals surface area (Å²) in [4.78, 5) is 13.4. The number of amides is 1. The van der Waals surface area contributed by atoms with E-state index in [9.17, 15) is 4.79 Å². The number of hydrogen-bond donors (Lipinski definition) is 2. The Kier molecular flexibility index (Phi) is 5.52. The Morgan fingerprint density at radius 1 is 1.62 bits per heavy atom. The van der Waals surface area contributed by atoms with Crippen molar-refractivity contribution in [2.24, 2.45) is 0 Å². The van der Waals surface area contributed by atoms with E-state index in [4.69, 9.17) is 9.84 Å². The first kappa shape index (κ1) is 12.7. The number of nitrogens with one attached hydrogen (secondary N) is 1. The van der Waals surface area contributed by atoms with E-state index in [2.05, 4.69) is 10.2 Å². The number of methoxy groups -OCH3 is 1. The summed E-state index contributed by atoms with van der Waals surface area (Å²) in [6.45, 7) is 1.24. The maximum atomic E-state index is 11.8. The smallest absolute Gasteiger partial charge is 0.228 e. The van der Waals surface area contributed by atoms with Gasteiger partial charge in [-0.05, 0) is 6.07 Å². The molecule has 0 radical (unpaired) electrons. The second kappa shape index (κ2) is 6.97. The minimum absolute atomic E-state index is 0.0432. The highest BCUT2D eigenvalue weighted by Crippen LogP contribution is 1.99. The monoisotopic (exact) mass is 227 g/mol. The highest BCUT2D eigenvalue weighted by Gasteiger charge is 2.13. The quantitative estimate of drug-likeness (QED) is 0.653. The molecule has 0 aliphatic rings. The van der Waals surface area contributed by atoms with Crippen molar-refractivity contribution in [3.63, 3.8) is 0 Å². The van der Waals surface area contributed by atoms with Gasteiger partial charge in [0.05, 0.1) is 19.6 Å². The van der Waals surface area contributed by atoms with Gasteiger partial charge in [0.1, 0.15) is 0 Å². The van der Waals surface area contributed by atoms with Gasteiger partial charge in [-0.15, -0.1) is 0 Å². The number of aliphatic hydroxyl groups is 1. The fourth-order valence-electron chi connectivity index (χ4n) is 1.34. The summed E-state index contributed by atoms with van der Waals surface area (Å²) in [7, 11) is 1.58. The Morgan fingerprint density at radius 3 is 3.00 bits per heavy atom. The third kappa shape index (κ3) is 4.00. The Bertz CT molecular complexity index is 300. The molecule has 6 nitrogen and oxygen atoms in total. The van der Waals surface area contributed by atoms with Crippen molar-refractivity contribution >= 4 is 5.91 Å². The predicted molar refractivity (Wildman–Crippen MR) is 57.8 cm³/mol. The van der Waals surface area contributed by atoms with Crippen molar-refractivity contribution in [2.75, 3.05) is 33.4 Å². The van der Waals surface area contributed by atoms with Gasteiger partial charge in [0.2, 0.25) is 5.91 Å². The zero-order chi connectivity index (χ0) is 11.8. The second-order valence-corrected chi connectivity index (χ2v) is 3.36. The first-order chi connectivity index (χ1) is 7.77. The first-order valence-electron chi connectivity index (χ1n) is 5.13. The number of rotatable bonds is 7. The predicted octanol–water partition coefficient (Wildman–Crippen LogP) is -0.580. The molecule has 0 bridgehead atoms. The van der Waals surface area contributed by atoms with Crippen LogP contribution in [0.5, 0.6) is 0 Å². The summed E-state index contributed by atoms with van der Waals surface area (Å²) in [6.07, 6.45) is 1.87. The molecule has 0 aliphatic carbocycles. The van der Waals surface area contributed by atoms with Crippen LogP contribution in [0.3, 0.4) is 0 Å². The van der Waals surface area contributed by atoms with Crippen LogP contribution in [-0.4, -0.2) is 59.5 Å². The van der Waals surface area contributed by atoms with Crippen molar-refractivity contribution in [1.82, 2.24) is 15.1 Å². The molecule has 0 aromatic carbocycles. The lowest BCUT2D eigenvalue weighted by atomic mass is 10.3. The minimum Gasteiger partial charge on any atom is -0.395 e.